The Bertz CT molecular complexity index is 7230. The number of hydrogen-bond donors (Lipinski definition) is 0. The first-order valence-electron chi connectivity index (χ1n) is 45.9. The molecule has 0 N–H and O–H groups in total. The fraction of sp³-hybridized carbons (Fsp3) is 0.267. The standard InChI is InChI=1S/2C60H61N5.2Pt/c1-40-56(60(11,12)43-25-18-14-19-26-43)41(2)65(62-40)48-30-22-29-47(37-48)63(46-27-20-15-21-28-46)49-38-51(58(6,7)8)55-50-35-45(59(9,10)42-23-16-13-17-24-42)31-32-52(50)64(53(55)39-49)54-36-44(33-34-61-54)57(3,4)5;1-40-32-41(2)65(62-40)50-34-46(60(11,12)43-24-18-14-19-25-43)33-48(37-50)63(47-26-20-15-21-27-47)49-38-52(58(6,7)8)56-51-35-45(59(9,10)42-22-16-13-17-23-42)28-29-53(51)64(54(56)39-49)55-36-44(30-31-61-55)57(3,4)5;;/h2*13-36,38H,1-12H3;;/q2*-2;2*+2. The molecule has 0 saturated carbocycles. The van der Waals surface area contributed by atoms with Gasteiger partial charge in [-0.1, -0.05) is 365 Å². The molecular formula is C120H122N10Pt2. The van der Waals surface area contributed by atoms with Crippen molar-refractivity contribution in [3.05, 3.63) is 417 Å². The van der Waals surface area contributed by atoms with Gasteiger partial charge in [0.05, 0.1) is 11.4 Å². The third kappa shape index (κ3) is 17.9. The second-order valence-electron chi connectivity index (χ2n) is 41.7. The van der Waals surface area contributed by atoms with Crippen LogP contribution in [0.4, 0.5) is 34.1 Å². The van der Waals surface area contributed by atoms with Crippen molar-refractivity contribution in [1.82, 2.24) is 38.7 Å². The van der Waals surface area contributed by atoms with Crippen LogP contribution >= 0.6 is 0 Å². The number of aryl methyl sites for hydroxylation is 3. The maximum absolute atomic E-state index is 5.19. The number of benzene rings is 12. The zero-order valence-electron chi connectivity index (χ0n) is 81.0. The van der Waals surface area contributed by atoms with E-state index in [1.54, 1.807) is 0 Å². The molecule has 0 fully saturated rings. The Morgan fingerprint density at radius 2 is 0.667 bits per heavy atom. The Balaban J connectivity index is 0.000000199. The summed E-state index contributed by atoms with van der Waals surface area (Å²) < 4.78 is 8.78. The summed E-state index contributed by atoms with van der Waals surface area (Å²) in [5.74, 6) is 1.75. The van der Waals surface area contributed by atoms with Gasteiger partial charge in [-0.05, 0) is 188 Å². The van der Waals surface area contributed by atoms with Crippen molar-refractivity contribution in [2.75, 3.05) is 9.80 Å². The van der Waals surface area contributed by atoms with Crippen molar-refractivity contribution in [2.24, 2.45) is 0 Å². The number of rotatable bonds is 18. The molecule has 6 heterocycles. The largest absolute Gasteiger partial charge is 2.00 e. The molecule has 0 amide bonds. The van der Waals surface area contributed by atoms with Crippen LogP contribution in [0.15, 0.2) is 304 Å². The third-order valence-corrected chi connectivity index (χ3v) is 27.0. The number of fused-ring (bicyclic) bond motifs is 6. The van der Waals surface area contributed by atoms with Crippen molar-refractivity contribution < 1.29 is 42.1 Å². The number of hydrogen-bond acceptors (Lipinski definition) is 6. The maximum Gasteiger partial charge on any atom is 2.00 e. The minimum Gasteiger partial charge on any atom is -0.358 e. The Hall–Kier alpha value is -12.1. The van der Waals surface area contributed by atoms with Crippen LogP contribution in [0.3, 0.4) is 0 Å². The SMILES string of the molecule is Cc1cc(C)n(-c2[c-]c(N(c3[c-]c4c(c(C(C)(C)C)c3)c3cc(C(C)(C)c5ccccc5)ccc3n4-c3cc(C(C)(C)C)ccn3)c3ccccc3)cc(C(C)(C)c3ccccc3)c2)n1.Cc1nn(-c2[c-]c(N(c3[c-]c4c(c(C(C)(C)C)c3)c3cc(C(C)(C)c5ccccc5)ccc3n4-c3cc(C(C)(C)C)ccn3)c3ccccc3)ccc2)c(C)c1C(C)(C)c1ccccc1.[Pt+2].[Pt+2]. The van der Waals surface area contributed by atoms with Gasteiger partial charge in [-0.15, -0.1) is 77.4 Å². The minimum absolute atomic E-state index is 0. The Labute approximate surface area is 811 Å². The molecule has 0 spiro atoms. The molecular weight excluding hydrogens is 1970 g/mol. The van der Waals surface area contributed by atoms with E-state index < -0.39 is 0 Å². The van der Waals surface area contributed by atoms with Crippen molar-refractivity contribution in [3.63, 3.8) is 0 Å². The number of nitrogens with zero attached hydrogens (tertiary/aromatic N) is 10. The molecule has 12 aromatic carbocycles. The fourth-order valence-electron chi connectivity index (χ4n) is 19.3. The number of para-hydroxylation sites is 2. The molecule has 0 saturated heterocycles. The van der Waals surface area contributed by atoms with Crippen LogP contribution in [-0.4, -0.2) is 38.7 Å². The van der Waals surface area contributed by atoms with Gasteiger partial charge in [0.25, 0.3) is 0 Å². The van der Waals surface area contributed by atoms with Crippen molar-refractivity contribution >= 4 is 77.7 Å². The number of anilines is 6. The molecule has 672 valence electrons. The summed E-state index contributed by atoms with van der Waals surface area (Å²) in [7, 11) is 0. The van der Waals surface area contributed by atoms with Crippen LogP contribution in [0.5, 0.6) is 0 Å². The summed E-state index contributed by atoms with van der Waals surface area (Å²) in [4.78, 5) is 14.9. The molecule has 0 unspecified atom stereocenters. The second-order valence-corrected chi connectivity index (χ2v) is 41.7. The average Bonchev–Trinajstić information content (AvgIpc) is 1.56. The van der Waals surface area contributed by atoms with E-state index in [9.17, 15) is 0 Å². The molecule has 6 aromatic heterocycles. The van der Waals surface area contributed by atoms with Gasteiger partial charge in [0.15, 0.2) is 0 Å². The molecule has 0 atom stereocenters. The van der Waals surface area contributed by atoms with E-state index >= 15 is 0 Å². The maximum atomic E-state index is 5.19. The van der Waals surface area contributed by atoms with Gasteiger partial charge in [0, 0.05) is 68.0 Å². The van der Waals surface area contributed by atoms with Crippen LogP contribution in [0.1, 0.15) is 228 Å². The minimum atomic E-state index is -0.343. The molecule has 18 rings (SSSR count). The van der Waals surface area contributed by atoms with E-state index in [1.165, 1.54) is 82.7 Å². The molecule has 0 aliphatic carbocycles. The average molecular weight is 2090 g/mol. The van der Waals surface area contributed by atoms with Crippen LogP contribution in [0.2, 0.25) is 0 Å². The van der Waals surface area contributed by atoms with Gasteiger partial charge in [-0.2, -0.15) is 16.3 Å². The summed E-state index contributed by atoms with van der Waals surface area (Å²) >= 11 is 0. The predicted octanol–water partition coefficient (Wildman–Crippen LogP) is 30.6. The Morgan fingerprint density at radius 3 is 1.06 bits per heavy atom. The molecule has 12 heteroatoms. The van der Waals surface area contributed by atoms with Crippen LogP contribution in [-0.2, 0) is 85.5 Å². The smallest absolute Gasteiger partial charge is 0.358 e. The van der Waals surface area contributed by atoms with Crippen molar-refractivity contribution in [1.29, 1.82) is 0 Å². The first-order valence-corrected chi connectivity index (χ1v) is 45.9. The predicted molar refractivity (Wildman–Crippen MR) is 544 cm³/mol. The zero-order valence-corrected chi connectivity index (χ0v) is 85.5. The Kier molecular flexibility index (Phi) is 25.9. The van der Waals surface area contributed by atoms with Crippen molar-refractivity contribution in [2.45, 2.75) is 209 Å². The monoisotopic (exact) mass is 2090 g/mol. The molecule has 132 heavy (non-hydrogen) atoms. The van der Waals surface area contributed by atoms with Crippen LogP contribution < -0.4 is 9.80 Å². The van der Waals surface area contributed by atoms with E-state index in [2.05, 4.69) is 498 Å². The van der Waals surface area contributed by atoms with Crippen LogP contribution in [0, 0.1) is 52.0 Å². The summed E-state index contributed by atoms with van der Waals surface area (Å²) in [6.07, 6.45) is 3.91. The van der Waals surface area contributed by atoms with E-state index in [4.69, 9.17) is 20.2 Å². The summed E-state index contributed by atoms with van der Waals surface area (Å²) in [5, 5.41) is 14.9. The van der Waals surface area contributed by atoms with Gasteiger partial charge in [-0.3, -0.25) is 9.36 Å². The van der Waals surface area contributed by atoms with Gasteiger partial charge < -0.3 is 18.9 Å². The third-order valence-electron chi connectivity index (χ3n) is 27.0. The van der Waals surface area contributed by atoms with Gasteiger partial charge >= 0.3 is 42.1 Å². The van der Waals surface area contributed by atoms with E-state index in [0.717, 1.165) is 108 Å². The first-order chi connectivity index (χ1) is 61.7. The first kappa shape index (κ1) is 94.6. The molecule has 0 aliphatic heterocycles. The summed E-state index contributed by atoms with van der Waals surface area (Å²) in [5.41, 5.74) is 28.9. The number of aromatic nitrogens is 8. The second kappa shape index (κ2) is 36.1. The normalized spacial score (nSPS) is 12.4. The molecule has 18 aromatic rings. The molecule has 0 radical (unpaired) electrons. The fourth-order valence-corrected chi connectivity index (χ4v) is 19.3. The zero-order chi connectivity index (χ0) is 92.1. The molecule has 10 nitrogen and oxygen atoms in total. The molecule has 0 bridgehead atoms. The molecule has 0 aliphatic rings. The van der Waals surface area contributed by atoms with Gasteiger partial charge in [0.1, 0.15) is 11.6 Å². The van der Waals surface area contributed by atoms with E-state index in [0.29, 0.717) is 0 Å². The van der Waals surface area contributed by atoms with E-state index in [1.807, 2.05) is 24.0 Å². The van der Waals surface area contributed by atoms with Gasteiger partial charge in [-0.25, -0.2) is 9.97 Å². The Morgan fingerprint density at radius 1 is 0.288 bits per heavy atom. The number of pyridine rings is 2. The van der Waals surface area contributed by atoms with E-state index in [-0.39, 0.29) is 85.5 Å². The van der Waals surface area contributed by atoms with Crippen molar-refractivity contribution in [3.8, 4) is 23.0 Å². The quantitative estimate of drug-likeness (QED) is 0.0797. The van der Waals surface area contributed by atoms with Crippen LogP contribution in [0.25, 0.3) is 66.6 Å². The van der Waals surface area contributed by atoms with Gasteiger partial charge in [0.2, 0.25) is 0 Å². The summed E-state index contributed by atoms with van der Waals surface area (Å²) in [6, 6.07) is 121. The summed E-state index contributed by atoms with van der Waals surface area (Å²) in [6.45, 7) is 54.5. The topological polar surface area (TPSA) is 77.8 Å².